The van der Waals surface area contributed by atoms with Crippen LogP contribution in [0.1, 0.15) is 39.5 Å². The summed E-state index contributed by atoms with van der Waals surface area (Å²) < 4.78 is 6.60. The summed E-state index contributed by atoms with van der Waals surface area (Å²) in [6.45, 7) is 8.17. The van der Waals surface area contributed by atoms with Crippen molar-refractivity contribution in [2.24, 2.45) is 17.8 Å². The van der Waals surface area contributed by atoms with Gasteiger partial charge in [0.1, 0.15) is 17.6 Å². The summed E-state index contributed by atoms with van der Waals surface area (Å²) in [5.74, 6) is -3.76. The minimum Gasteiger partial charge on any atom is -0.481 e. The number of amides is 2. The Morgan fingerprint density at radius 2 is 1.92 bits per heavy atom. The van der Waals surface area contributed by atoms with Crippen LogP contribution in [0, 0.1) is 17.8 Å². The normalized spacial score (nSPS) is 31.6. The highest BCUT2D eigenvalue weighted by Crippen LogP contribution is 2.65. The lowest BCUT2D eigenvalue weighted by Gasteiger charge is -2.37. The third-order valence-corrected chi connectivity index (χ3v) is 8.99. The largest absolute Gasteiger partial charge is 0.481 e. The number of rotatable bonds is 10. The van der Waals surface area contributed by atoms with Gasteiger partial charge in [0.2, 0.25) is 5.91 Å². The zero-order valence-corrected chi connectivity index (χ0v) is 22.0. The van der Waals surface area contributed by atoms with E-state index in [1.54, 1.807) is 22.8 Å². The molecule has 3 aliphatic heterocycles. The first-order valence-corrected chi connectivity index (χ1v) is 13.4. The van der Waals surface area contributed by atoms with Gasteiger partial charge in [0.25, 0.3) is 5.91 Å². The average molecular weight is 521 g/mol. The molecule has 2 amide bonds. The van der Waals surface area contributed by atoms with Gasteiger partial charge < -0.3 is 24.7 Å². The molecule has 3 heterocycles. The SMILES string of the molecule is C=CCN(C(=O)C1N(CCCCCO)C(=O)[C@@H]2[C@H](C(=O)O)[C@@]3(C)OC12CC3C)c1ccc2ccccc2c1. The van der Waals surface area contributed by atoms with E-state index < -0.39 is 35.0 Å². The third kappa shape index (κ3) is 3.84. The predicted molar refractivity (Wildman–Crippen MR) is 144 cm³/mol. The minimum atomic E-state index is -1.21. The number of benzene rings is 2. The molecule has 2 bridgehead atoms. The predicted octanol–water partition coefficient (Wildman–Crippen LogP) is 3.62. The molecule has 38 heavy (non-hydrogen) atoms. The minimum absolute atomic E-state index is 0.0536. The lowest BCUT2D eigenvalue weighted by atomic mass is 9.62. The standard InChI is InChI=1S/C30H36N2O6/c1-4-14-31(22-13-12-20-10-6-7-11-21(20)17-22)27(35)25-30-18-19(2)29(3,38-30)24(28(36)37)23(30)26(34)32(25)15-8-5-9-16-33/h4,6-7,10-13,17,19,23-25,33H,1,5,8-9,14-16,18H2,2-3H3,(H,36,37)/t19?,23-,24+,25?,29-,30?/m0/s1. The number of likely N-dealkylation sites (tertiary alicyclic amines) is 1. The number of aliphatic hydroxyl groups is 1. The fraction of sp³-hybridized carbons (Fsp3) is 0.500. The molecule has 2 N–H and O–H groups in total. The van der Waals surface area contributed by atoms with E-state index in [-0.39, 0.29) is 30.9 Å². The lowest BCUT2D eigenvalue weighted by Crippen LogP contribution is -2.57. The van der Waals surface area contributed by atoms with Crippen LogP contribution in [0.2, 0.25) is 0 Å². The van der Waals surface area contributed by atoms with E-state index in [9.17, 15) is 24.6 Å². The number of anilines is 1. The molecule has 2 aromatic carbocycles. The Labute approximate surface area is 222 Å². The van der Waals surface area contributed by atoms with Gasteiger partial charge in [-0.05, 0) is 61.4 Å². The number of hydrogen-bond donors (Lipinski definition) is 2. The molecule has 3 aliphatic rings. The fourth-order valence-corrected chi connectivity index (χ4v) is 7.15. The zero-order valence-electron chi connectivity index (χ0n) is 22.0. The molecule has 3 unspecified atom stereocenters. The Hall–Kier alpha value is -3.23. The van der Waals surface area contributed by atoms with Gasteiger partial charge in [-0.3, -0.25) is 14.4 Å². The van der Waals surface area contributed by atoms with E-state index in [0.29, 0.717) is 37.9 Å². The molecule has 5 rings (SSSR count). The van der Waals surface area contributed by atoms with Crippen LogP contribution >= 0.6 is 0 Å². The van der Waals surface area contributed by atoms with Crippen LogP contribution in [0.25, 0.3) is 10.8 Å². The molecule has 8 heteroatoms. The van der Waals surface area contributed by atoms with Crippen LogP contribution in [0.3, 0.4) is 0 Å². The topological polar surface area (TPSA) is 107 Å². The second-order valence-electron chi connectivity index (χ2n) is 11.1. The summed E-state index contributed by atoms with van der Waals surface area (Å²) >= 11 is 0. The van der Waals surface area contributed by atoms with Gasteiger partial charge in [-0.1, -0.05) is 43.3 Å². The Balaban J connectivity index is 1.58. The number of unbranched alkanes of at least 4 members (excludes halogenated alkanes) is 2. The van der Waals surface area contributed by atoms with E-state index in [0.717, 1.165) is 10.8 Å². The monoisotopic (exact) mass is 520 g/mol. The van der Waals surface area contributed by atoms with E-state index in [2.05, 4.69) is 6.58 Å². The summed E-state index contributed by atoms with van der Waals surface area (Å²) in [6.07, 6.45) is 3.98. The second kappa shape index (κ2) is 9.82. The molecule has 6 atom stereocenters. The number of carboxylic acid groups (broad SMARTS) is 1. The van der Waals surface area contributed by atoms with Gasteiger partial charge in [-0.15, -0.1) is 6.58 Å². The van der Waals surface area contributed by atoms with Crippen LogP contribution < -0.4 is 4.90 Å². The van der Waals surface area contributed by atoms with Crippen molar-refractivity contribution in [1.29, 1.82) is 0 Å². The van der Waals surface area contributed by atoms with Gasteiger partial charge >= 0.3 is 5.97 Å². The van der Waals surface area contributed by atoms with Crippen molar-refractivity contribution in [2.75, 3.05) is 24.6 Å². The van der Waals surface area contributed by atoms with Crippen molar-refractivity contribution in [2.45, 2.75) is 56.8 Å². The van der Waals surface area contributed by atoms with Crippen LogP contribution in [0.5, 0.6) is 0 Å². The first kappa shape index (κ1) is 26.4. The first-order valence-electron chi connectivity index (χ1n) is 13.4. The number of nitrogens with zero attached hydrogens (tertiary/aromatic N) is 2. The molecule has 0 aliphatic carbocycles. The van der Waals surface area contributed by atoms with Gasteiger partial charge in [-0.2, -0.15) is 0 Å². The number of carbonyl (C=O) groups is 3. The smallest absolute Gasteiger partial charge is 0.310 e. The van der Waals surface area contributed by atoms with Crippen LogP contribution in [0.4, 0.5) is 5.69 Å². The molecule has 1 spiro atoms. The molecule has 0 saturated carbocycles. The fourth-order valence-electron chi connectivity index (χ4n) is 7.15. The van der Waals surface area contributed by atoms with E-state index in [1.807, 2.05) is 49.4 Å². The van der Waals surface area contributed by atoms with Gasteiger partial charge in [0.05, 0.1) is 11.5 Å². The van der Waals surface area contributed by atoms with Gasteiger partial charge in [0, 0.05) is 25.4 Å². The van der Waals surface area contributed by atoms with Crippen molar-refractivity contribution in [3.63, 3.8) is 0 Å². The highest BCUT2D eigenvalue weighted by molar-refractivity contribution is 6.05. The van der Waals surface area contributed by atoms with Crippen LogP contribution in [-0.2, 0) is 19.1 Å². The van der Waals surface area contributed by atoms with Gasteiger partial charge in [0.15, 0.2) is 0 Å². The molecule has 8 nitrogen and oxygen atoms in total. The number of carbonyl (C=O) groups excluding carboxylic acids is 2. The number of carboxylic acids is 1. The number of aliphatic hydroxyl groups excluding tert-OH is 1. The summed E-state index contributed by atoms with van der Waals surface area (Å²) in [6, 6.07) is 12.7. The highest BCUT2D eigenvalue weighted by atomic mass is 16.5. The Morgan fingerprint density at radius 1 is 1.18 bits per heavy atom. The zero-order chi connectivity index (χ0) is 27.2. The quantitative estimate of drug-likeness (QED) is 0.366. The molecule has 0 radical (unpaired) electrons. The Morgan fingerprint density at radius 3 is 2.61 bits per heavy atom. The third-order valence-electron chi connectivity index (χ3n) is 8.99. The number of fused-ring (bicyclic) bond motifs is 2. The molecule has 2 aromatic rings. The molecule has 0 aromatic heterocycles. The summed E-state index contributed by atoms with van der Waals surface area (Å²) in [4.78, 5) is 44.2. The van der Waals surface area contributed by atoms with E-state index >= 15 is 0 Å². The molecular formula is C30H36N2O6. The number of hydrogen-bond acceptors (Lipinski definition) is 5. The lowest BCUT2D eigenvalue weighted by molar-refractivity contribution is -0.156. The second-order valence-corrected chi connectivity index (χ2v) is 11.1. The Kier molecular flexibility index (Phi) is 6.82. The van der Waals surface area contributed by atoms with Crippen molar-refractivity contribution >= 4 is 34.2 Å². The molecule has 202 valence electrons. The van der Waals surface area contributed by atoms with Crippen LogP contribution in [-0.4, -0.2) is 69.8 Å². The average Bonchev–Trinajstić information content (AvgIpc) is 3.41. The van der Waals surface area contributed by atoms with Gasteiger partial charge in [-0.25, -0.2) is 0 Å². The highest BCUT2D eigenvalue weighted by Gasteiger charge is 2.80. The maximum atomic E-state index is 14.5. The summed E-state index contributed by atoms with van der Waals surface area (Å²) in [5.41, 5.74) is -1.55. The molecular weight excluding hydrogens is 484 g/mol. The molecule has 3 fully saturated rings. The Bertz CT molecular complexity index is 1280. The van der Waals surface area contributed by atoms with E-state index in [4.69, 9.17) is 4.74 Å². The maximum Gasteiger partial charge on any atom is 0.310 e. The van der Waals surface area contributed by atoms with Crippen molar-refractivity contribution in [1.82, 2.24) is 4.90 Å². The van der Waals surface area contributed by atoms with Crippen molar-refractivity contribution < 1.29 is 29.3 Å². The summed E-state index contributed by atoms with van der Waals surface area (Å²) in [5, 5.41) is 21.5. The number of ether oxygens (including phenoxy) is 1. The van der Waals surface area contributed by atoms with E-state index in [1.165, 1.54) is 0 Å². The first-order chi connectivity index (χ1) is 18.2. The molecule has 3 saturated heterocycles. The van der Waals surface area contributed by atoms with Crippen molar-refractivity contribution in [3.05, 3.63) is 55.1 Å². The number of aliphatic carboxylic acids is 1. The van der Waals surface area contributed by atoms with Crippen LogP contribution in [0.15, 0.2) is 55.1 Å². The summed E-state index contributed by atoms with van der Waals surface area (Å²) in [7, 11) is 0. The van der Waals surface area contributed by atoms with Crippen molar-refractivity contribution in [3.8, 4) is 0 Å². The maximum absolute atomic E-state index is 14.5.